The van der Waals surface area contributed by atoms with Crippen LogP contribution in [0.1, 0.15) is 12.8 Å². The van der Waals surface area contributed by atoms with Gasteiger partial charge in [-0.3, -0.25) is 0 Å². The van der Waals surface area contributed by atoms with Crippen molar-refractivity contribution in [2.24, 2.45) is 5.41 Å². The minimum absolute atomic E-state index is 0.362. The van der Waals surface area contributed by atoms with Crippen molar-refractivity contribution in [3.63, 3.8) is 0 Å². The van der Waals surface area contributed by atoms with Crippen LogP contribution >= 0.6 is 27.5 Å². The fourth-order valence-electron chi connectivity index (χ4n) is 2.08. The highest BCUT2D eigenvalue weighted by Gasteiger charge is 2.42. The van der Waals surface area contributed by atoms with E-state index >= 15 is 0 Å². The first kappa shape index (κ1) is 12.3. The summed E-state index contributed by atoms with van der Waals surface area (Å²) in [6.07, 6.45) is 2.51. The maximum absolute atomic E-state index is 6.20. The van der Waals surface area contributed by atoms with Crippen molar-refractivity contribution in [2.75, 3.05) is 11.9 Å². The molecule has 3 rings (SSSR count). The summed E-state index contributed by atoms with van der Waals surface area (Å²) in [6, 6.07) is 12.0. The molecule has 1 aliphatic rings. The maximum Gasteiger partial charge on any atom is 0.127 e. The molecule has 0 aromatic heterocycles. The molecule has 2 aromatic carbocycles. The first-order chi connectivity index (χ1) is 8.74. The molecule has 0 unspecified atom stereocenters. The number of halogens is 2. The Morgan fingerprint density at radius 2 is 1.83 bits per heavy atom. The summed E-state index contributed by atoms with van der Waals surface area (Å²) in [5, 5.41) is 3.95. The molecule has 0 saturated heterocycles. The van der Waals surface area contributed by atoms with E-state index in [1.54, 1.807) is 0 Å². The molecule has 0 heterocycles. The van der Waals surface area contributed by atoms with Gasteiger partial charge in [-0.2, -0.15) is 0 Å². The number of benzene rings is 2. The van der Waals surface area contributed by atoms with Gasteiger partial charge in [-0.1, -0.05) is 51.8 Å². The number of ether oxygens (including phenoxy) is 1. The van der Waals surface area contributed by atoms with Gasteiger partial charge in [0, 0.05) is 26.5 Å². The molecule has 18 heavy (non-hydrogen) atoms. The molecule has 1 nitrogen and oxygen atoms in total. The smallest absolute Gasteiger partial charge is 0.127 e. The third kappa shape index (κ3) is 2.24. The first-order valence-electron chi connectivity index (χ1n) is 6.10. The summed E-state index contributed by atoms with van der Waals surface area (Å²) in [5.74, 6) is 0.933. The largest absolute Gasteiger partial charge is 0.492 e. The fraction of sp³-hybridized carbons (Fsp3) is 0.333. The van der Waals surface area contributed by atoms with Crippen molar-refractivity contribution in [1.82, 2.24) is 0 Å². The van der Waals surface area contributed by atoms with Crippen LogP contribution in [0.2, 0.25) is 5.02 Å². The molecule has 0 aliphatic heterocycles. The van der Waals surface area contributed by atoms with Crippen LogP contribution in [-0.4, -0.2) is 11.9 Å². The van der Waals surface area contributed by atoms with E-state index < -0.39 is 0 Å². The number of hydrogen-bond acceptors (Lipinski definition) is 1. The van der Waals surface area contributed by atoms with Crippen LogP contribution in [0.3, 0.4) is 0 Å². The van der Waals surface area contributed by atoms with Crippen LogP contribution in [0.25, 0.3) is 10.8 Å². The van der Waals surface area contributed by atoms with E-state index in [-0.39, 0.29) is 0 Å². The third-order valence-corrected chi connectivity index (χ3v) is 5.12. The first-order valence-corrected chi connectivity index (χ1v) is 7.60. The van der Waals surface area contributed by atoms with Crippen molar-refractivity contribution in [3.8, 4) is 5.75 Å². The van der Waals surface area contributed by atoms with Crippen LogP contribution < -0.4 is 4.74 Å². The minimum atomic E-state index is 0.362. The fourth-order valence-corrected chi connectivity index (χ4v) is 3.04. The lowest BCUT2D eigenvalue weighted by Gasteiger charge is -2.15. The molecule has 0 bridgehead atoms. The second-order valence-corrected chi connectivity index (χ2v) is 5.98. The van der Waals surface area contributed by atoms with Gasteiger partial charge in [0.2, 0.25) is 0 Å². The zero-order valence-electron chi connectivity index (χ0n) is 9.96. The Bertz CT molecular complexity index is 578. The SMILES string of the molecule is Clc1ccc(OCC2(CBr)CC2)c2ccccc12. The number of fused-ring (bicyclic) bond motifs is 1. The second kappa shape index (κ2) is 4.75. The Morgan fingerprint density at radius 3 is 2.50 bits per heavy atom. The summed E-state index contributed by atoms with van der Waals surface area (Å²) >= 11 is 9.76. The molecule has 3 heteroatoms. The minimum Gasteiger partial charge on any atom is -0.492 e. The van der Waals surface area contributed by atoms with Crippen LogP contribution in [-0.2, 0) is 0 Å². The molecule has 2 aromatic rings. The predicted molar refractivity (Wildman–Crippen MR) is 79.9 cm³/mol. The number of alkyl halides is 1. The lowest BCUT2D eigenvalue weighted by Crippen LogP contribution is -2.14. The van der Waals surface area contributed by atoms with E-state index in [0.717, 1.165) is 33.5 Å². The highest BCUT2D eigenvalue weighted by Crippen LogP contribution is 2.47. The van der Waals surface area contributed by atoms with Crippen LogP contribution in [0.15, 0.2) is 36.4 Å². The van der Waals surface area contributed by atoms with Gasteiger partial charge in [0.25, 0.3) is 0 Å². The standard InChI is InChI=1S/C15H14BrClO/c16-9-15(7-8-15)10-18-14-6-5-13(17)11-3-1-2-4-12(11)14/h1-6H,7-10H2. The molecule has 0 radical (unpaired) electrons. The van der Waals surface area contributed by atoms with Crippen molar-refractivity contribution in [2.45, 2.75) is 12.8 Å². The van der Waals surface area contributed by atoms with Gasteiger partial charge in [0.1, 0.15) is 5.75 Å². The van der Waals surface area contributed by atoms with Crippen molar-refractivity contribution >= 4 is 38.3 Å². The van der Waals surface area contributed by atoms with E-state index in [9.17, 15) is 0 Å². The molecule has 0 spiro atoms. The van der Waals surface area contributed by atoms with Crippen molar-refractivity contribution in [3.05, 3.63) is 41.4 Å². The van der Waals surface area contributed by atoms with Gasteiger partial charge in [-0.05, 0) is 25.0 Å². The topological polar surface area (TPSA) is 9.23 Å². The van der Waals surface area contributed by atoms with Gasteiger partial charge in [0.05, 0.1) is 6.61 Å². The Kier molecular flexibility index (Phi) is 3.25. The Balaban J connectivity index is 1.90. The summed E-state index contributed by atoms with van der Waals surface area (Å²) in [6.45, 7) is 0.782. The van der Waals surface area contributed by atoms with Gasteiger partial charge < -0.3 is 4.74 Å². The lowest BCUT2D eigenvalue weighted by molar-refractivity contribution is 0.254. The average Bonchev–Trinajstić information content (AvgIpc) is 3.19. The van der Waals surface area contributed by atoms with Crippen LogP contribution in [0.5, 0.6) is 5.75 Å². The molecule has 0 atom stereocenters. The molecule has 94 valence electrons. The number of hydrogen-bond donors (Lipinski definition) is 0. The highest BCUT2D eigenvalue weighted by atomic mass is 79.9. The van der Waals surface area contributed by atoms with E-state index in [1.165, 1.54) is 12.8 Å². The second-order valence-electron chi connectivity index (χ2n) is 5.01. The zero-order valence-corrected chi connectivity index (χ0v) is 12.3. The van der Waals surface area contributed by atoms with Crippen molar-refractivity contribution < 1.29 is 4.74 Å². The van der Waals surface area contributed by atoms with E-state index in [2.05, 4.69) is 22.0 Å². The van der Waals surface area contributed by atoms with Gasteiger partial charge in [-0.25, -0.2) is 0 Å². The molecule has 0 N–H and O–H groups in total. The summed E-state index contributed by atoms with van der Waals surface area (Å²) < 4.78 is 6.00. The Labute approximate surface area is 120 Å². The van der Waals surface area contributed by atoms with Crippen molar-refractivity contribution in [1.29, 1.82) is 0 Å². The predicted octanol–water partition coefficient (Wildman–Crippen LogP) is 5.05. The maximum atomic E-state index is 6.20. The summed E-state index contributed by atoms with van der Waals surface area (Å²) in [4.78, 5) is 0. The quantitative estimate of drug-likeness (QED) is 0.715. The van der Waals surface area contributed by atoms with Crippen LogP contribution in [0.4, 0.5) is 0 Å². The molecule has 1 aliphatic carbocycles. The number of rotatable bonds is 4. The zero-order chi connectivity index (χ0) is 12.6. The van der Waals surface area contributed by atoms with Gasteiger partial charge >= 0.3 is 0 Å². The molecular formula is C15H14BrClO. The van der Waals surface area contributed by atoms with E-state index in [4.69, 9.17) is 16.3 Å². The van der Waals surface area contributed by atoms with Gasteiger partial charge in [-0.15, -0.1) is 0 Å². The molecular weight excluding hydrogens is 312 g/mol. The molecule has 1 fully saturated rings. The Hall–Kier alpha value is -0.730. The van der Waals surface area contributed by atoms with E-state index in [0.29, 0.717) is 5.41 Å². The third-order valence-electron chi connectivity index (χ3n) is 3.61. The summed E-state index contributed by atoms with van der Waals surface area (Å²) in [7, 11) is 0. The summed E-state index contributed by atoms with van der Waals surface area (Å²) in [5.41, 5.74) is 0.362. The van der Waals surface area contributed by atoms with Gasteiger partial charge in [0.15, 0.2) is 0 Å². The monoisotopic (exact) mass is 324 g/mol. The molecule has 0 amide bonds. The lowest BCUT2D eigenvalue weighted by atomic mass is 10.1. The molecule has 1 saturated carbocycles. The normalized spacial score (nSPS) is 16.8. The Morgan fingerprint density at radius 1 is 1.11 bits per heavy atom. The average molecular weight is 326 g/mol. The van der Waals surface area contributed by atoms with Crippen LogP contribution in [0, 0.1) is 5.41 Å². The van der Waals surface area contributed by atoms with E-state index in [1.807, 2.05) is 30.3 Å². The highest BCUT2D eigenvalue weighted by molar-refractivity contribution is 9.09.